The van der Waals surface area contributed by atoms with Crippen LogP contribution in [0.25, 0.3) is 22.3 Å². The van der Waals surface area contributed by atoms with E-state index in [4.69, 9.17) is 16.3 Å². The Hall–Kier alpha value is -3.01. The predicted molar refractivity (Wildman–Crippen MR) is 141 cm³/mol. The van der Waals surface area contributed by atoms with Crippen LogP contribution in [-0.2, 0) is 11.3 Å². The SMILES string of the molecule is CC(C)NC(=O)Cn1c(-c2ccc(F)c(Cl)c2)nc2ccc(OCCCN3CCC(O)CC3)cc2c1=O. The number of nitrogens with zero attached hydrogens (tertiary/aromatic N) is 3. The average molecular weight is 531 g/mol. The van der Waals surface area contributed by atoms with Gasteiger partial charge in [0, 0.05) is 31.2 Å². The van der Waals surface area contributed by atoms with Crippen molar-refractivity contribution in [3.8, 4) is 17.1 Å². The quantitative estimate of drug-likeness (QED) is 0.410. The molecule has 4 rings (SSSR count). The van der Waals surface area contributed by atoms with E-state index in [-0.39, 0.29) is 35.4 Å². The first-order valence-electron chi connectivity index (χ1n) is 12.5. The van der Waals surface area contributed by atoms with Gasteiger partial charge in [-0.3, -0.25) is 14.2 Å². The second-order valence-electron chi connectivity index (χ2n) is 9.63. The molecular formula is C27H32ClFN4O4. The summed E-state index contributed by atoms with van der Waals surface area (Å²) in [6, 6.07) is 9.06. The summed E-state index contributed by atoms with van der Waals surface area (Å²) >= 11 is 5.99. The minimum atomic E-state index is -0.586. The molecule has 37 heavy (non-hydrogen) atoms. The van der Waals surface area contributed by atoms with Crippen molar-refractivity contribution in [2.45, 2.75) is 51.8 Å². The Bertz CT molecular complexity index is 1320. The minimum Gasteiger partial charge on any atom is -0.494 e. The molecule has 2 aromatic carbocycles. The van der Waals surface area contributed by atoms with Gasteiger partial charge in [0.1, 0.15) is 23.9 Å². The number of aromatic nitrogens is 2. The molecule has 2 N–H and O–H groups in total. The lowest BCUT2D eigenvalue weighted by Crippen LogP contribution is -2.37. The number of hydrogen-bond acceptors (Lipinski definition) is 6. The van der Waals surface area contributed by atoms with Crippen molar-refractivity contribution in [2.24, 2.45) is 0 Å². The standard InChI is InChI=1S/C27H32ClFN4O4/c1-17(2)30-25(35)16-33-26(18-4-6-23(29)22(28)14-18)31-24-7-5-20(15-21(24)27(33)36)37-13-3-10-32-11-8-19(34)9-12-32/h4-7,14-15,17,19,34H,3,8-13,16H2,1-2H3,(H,30,35). The third-order valence-corrected chi connectivity index (χ3v) is 6.59. The smallest absolute Gasteiger partial charge is 0.262 e. The normalized spacial score (nSPS) is 14.9. The molecule has 8 nitrogen and oxygen atoms in total. The van der Waals surface area contributed by atoms with Gasteiger partial charge in [-0.1, -0.05) is 11.6 Å². The number of carbonyl (C=O) groups is 1. The molecule has 1 saturated heterocycles. The molecule has 0 saturated carbocycles. The second-order valence-corrected chi connectivity index (χ2v) is 10.0. The van der Waals surface area contributed by atoms with Gasteiger partial charge >= 0.3 is 0 Å². The molecule has 1 fully saturated rings. The fourth-order valence-electron chi connectivity index (χ4n) is 4.42. The van der Waals surface area contributed by atoms with Crippen LogP contribution in [0, 0.1) is 5.82 Å². The summed E-state index contributed by atoms with van der Waals surface area (Å²) < 4.78 is 21.0. The van der Waals surface area contributed by atoms with E-state index >= 15 is 0 Å². The van der Waals surface area contributed by atoms with Crippen LogP contribution < -0.4 is 15.6 Å². The largest absolute Gasteiger partial charge is 0.494 e. The highest BCUT2D eigenvalue weighted by atomic mass is 35.5. The maximum atomic E-state index is 13.8. The van der Waals surface area contributed by atoms with Crippen molar-refractivity contribution >= 4 is 28.4 Å². The fourth-order valence-corrected chi connectivity index (χ4v) is 4.60. The molecule has 198 valence electrons. The number of piperidine rings is 1. The van der Waals surface area contributed by atoms with Gasteiger partial charge in [0.25, 0.3) is 5.56 Å². The van der Waals surface area contributed by atoms with Crippen LogP contribution in [0.2, 0.25) is 5.02 Å². The van der Waals surface area contributed by atoms with Gasteiger partial charge in [0.2, 0.25) is 5.91 Å². The Morgan fingerprint density at radius 2 is 2.00 bits per heavy atom. The van der Waals surface area contributed by atoms with E-state index in [1.54, 1.807) is 18.2 Å². The van der Waals surface area contributed by atoms with Gasteiger partial charge in [-0.2, -0.15) is 0 Å². The van der Waals surface area contributed by atoms with Crippen LogP contribution in [0.5, 0.6) is 5.75 Å². The lowest BCUT2D eigenvalue weighted by Gasteiger charge is -2.29. The molecule has 3 aromatic rings. The highest BCUT2D eigenvalue weighted by molar-refractivity contribution is 6.31. The van der Waals surface area contributed by atoms with Crippen molar-refractivity contribution in [1.82, 2.24) is 19.8 Å². The van der Waals surface area contributed by atoms with Crippen LogP contribution in [0.4, 0.5) is 4.39 Å². The monoisotopic (exact) mass is 530 g/mol. The van der Waals surface area contributed by atoms with E-state index in [9.17, 15) is 19.1 Å². The van der Waals surface area contributed by atoms with E-state index in [0.29, 0.717) is 28.8 Å². The molecule has 0 unspecified atom stereocenters. The Kier molecular flexibility index (Phi) is 8.79. The zero-order valence-corrected chi connectivity index (χ0v) is 21.8. The second kappa shape index (κ2) is 12.0. The topological polar surface area (TPSA) is 96.7 Å². The molecule has 0 bridgehead atoms. The van der Waals surface area contributed by atoms with Crippen molar-refractivity contribution in [2.75, 3.05) is 26.2 Å². The summed E-state index contributed by atoms with van der Waals surface area (Å²) in [6.45, 7) is 6.54. The van der Waals surface area contributed by atoms with Crippen molar-refractivity contribution in [1.29, 1.82) is 0 Å². The van der Waals surface area contributed by atoms with Gasteiger partial charge in [-0.15, -0.1) is 0 Å². The molecule has 1 amide bonds. The summed E-state index contributed by atoms with van der Waals surface area (Å²) in [5.41, 5.74) is 0.449. The lowest BCUT2D eigenvalue weighted by molar-refractivity contribution is -0.122. The number of aliphatic hydroxyl groups is 1. The van der Waals surface area contributed by atoms with Gasteiger partial charge in [0.05, 0.1) is 28.6 Å². The molecule has 0 spiro atoms. The van der Waals surface area contributed by atoms with Gasteiger partial charge in [-0.05, 0) is 69.5 Å². The molecule has 0 atom stereocenters. The summed E-state index contributed by atoms with van der Waals surface area (Å²) in [4.78, 5) is 33.1. The number of likely N-dealkylation sites (tertiary alicyclic amines) is 1. The van der Waals surface area contributed by atoms with Gasteiger partial charge < -0.3 is 20.1 Å². The summed E-state index contributed by atoms with van der Waals surface area (Å²) in [7, 11) is 0. The van der Waals surface area contributed by atoms with Gasteiger partial charge in [-0.25, -0.2) is 9.37 Å². The number of hydrogen-bond donors (Lipinski definition) is 2. The van der Waals surface area contributed by atoms with Crippen LogP contribution in [-0.4, -0.2) is 63.9 Å². The molecule has 10 heteroatoms. The molecular weight excluding hydrogens is 499 g/mol. The van der Waals surface area contributed by atoms with E-state index < -0.39 is 11.4 Å². The zero-order chi connectivity index (χ0) is 26.5. The Labute approximate surface area is 220 Å². The number of fused-ring (bicyclic) bond motifs is 1. The maximum absolute atomic E-state index is 13.8. The third kappa shape index (κ3) is 6.85. The highest BCUT2D eigenvalue weighted by Crippen LogP contribution is 2.26. The number of nitrogens with one attached hydrogen (secondary N) is 1. The number of benzene rings is 2. The summed E-state index contributed by atoms with van der Waals surface area (Å²) in [5.74, 6) is -0.169. The first-order valence-corrected chi connectivity index (χ1v) is 12.9. The highest BCUT2D eigenvalue weighted by Gasteiger charge is 2.18. The number of halogens is 2. The average Bonchev–Trinajstić information content (AvgIpc) is 2.86. The number of ether oxygens (including phenoxy) is 1. The third-order valence-electron chi connectivity index (χ3n) is 6.30. The molecule has 0 radical (unpaired) electrons. The van der Waals surface area contributed by atoms with Crippen LogP contribution in [0.15, 0.2) is 41.2 Å². The van der Waals surface area contributed by atoms with Crippen LogP contribution in [0.1, 0.15) is 33.1 Å². The summed E-state index contributed by atoms with van der Waals surface area (Å²) in [5, 5.41) is 12.6. The Morgan fingerprint density at radius 3 is 2.70 bits per heavy atom. The molecule has 0 aliphatic carbocycles. The Morgan fingerprint density at radius 1 is 1.24 bits per heavy atom. The molecule has 1 aliphatic rings. The molecule has 2 heterocycles. The number of carbonyl (C=O) groups excluding carboxylic acids is 1. The number of rotatable bonds is 9. The molecule has 1 aromatic heterocycles. The Balaban J connectivity index is 1.58. The number of amides is 1. The van der Waals surface area contributed by atoms with E-state index in [1.807, 2.05) is 13.8 Å². The van der Waals surface area contributed by atoms with E-state index in [1.165, 1.54) is 22.8 Å². The fraction of sp³-hybridized carbons (Fsp3) is 0.444. The van der Waals surface area contributed by atoms with Crippen LogP contribution >= 0.6 is 11.6 Å². The predicted octanol–water partition coefficient (Wildman–Crippen LogP) is 3.61. The first-order chi connectivity index (χ1) is 17.7. The van der Waals surface area contributed by atoms with E-state index in [2.05, 4.69) is 15.2 Å². The molecule has 1 aliphatic heterocycles. The van der Waals surface area contributed by atoms with Crippen molar-refractivity contribution < 1.29 is 19.0 Å². The van der Waals surface area contributed by atoms with E-state index in [0.717, 1.165) is 38.9 Å². The summed E-state index contributed by atoms with van der Waals surface area (Å²) in [6.07, 6.45) is 2.22. The zero-order valence-electron chi connectivity index (χ0n) is 21.0. The first kappa shape index (κ1) is 27.0. The van der Waals surface area contributed by atoms with Gasteiger partial charge in [0.15, 0.2) is 0 Å². The van der Waals surface area contributed by atoms with Crippen LogP contribution in [0.3, 0.4) is 0 Å². The number of aliphatic hydroxyl groups excluding tert-OH is 1. The van der Waals surface area contributed by atoms with Crippen molar-refractivity contribution in [3.63, 3.8) is 0 Å². The minimum absolute atomic E-state index is 0.102. The maximum Gasteiger partial charge on any atom is 0.262 e. The lowest BCUT2D eigenvalue weighted by atomic mass is 10.1. The van der Waals surface area contributed by atoms with Crippen molar-refractivity contribution in [3.05, 3.63) is 57.6 Å².